The van der Waals surface area contributed by atoms with Crippen molar-refractivity contribution in [3.8, 4) is 5.82 Å². The van der Waals surface area contributed by atoms with E-state index in [1.54, 1.807) is 6.33 Å². The predicted molar refractivity (Wildman–Crippen MR) is 70.1 cm³/mol. The third-order valence-corrected chi connectivity index (χ3v) is 3.06. The van der Waals surface area contributed by atoms with Gasteiger partial charge in [0, 0.05) is 12.3 Å². The van der Waals surface area contributed by atoms with Gasteiger partial charge in [-0.3, -0.25) is 4.57 Å². The summed E-state index contributed by atoms with van der Waals surface area (Å²) in [5, 5.41) is 0. The molecule has 0 aliphatic heterocycles. The van der Waals surface area contributed by atoms with Crippen molar-refractivity contribution in [2.24, 2.45) is 0 Å². The Kier molecular flexibility index (Phi) is 2.19. The standard InChI is InChI=1S/C11H10BrN5/c1-6-2-7-8(16-11(6)13)3-10(15-7)17-4-9(12)14-5-17/h2-5,15H,1H3,(H2,13,16). The quantitative estimate of drug-likeness (QED) is 0.723. The highest BCUT2D eigenvalue weighted by Gasteiger charge is 2.06. The van der Waals surface area contributed by atoms with Crippen molar-refractivity contribution in [1.82, 2.24) is 19.5 Å². The number of rotatable bonds is 1. The zero-order valence-electron chi connectivity index (χ0n) is 9.11. The molecule has 0 fully saturated rings. The van der Waals surface area contributed by atoms with Crippen molar-refractivity contribution in [1.29, 1.82) is 0 Å². The van der Waals surface area contributed by atoms with Crippen LogP contribution in [0.2, 0.25) is 0 Å². The number of nitrogen functional groups attached to an aromatic ring is 1. The van der Waals surface area contributed by atoms with Crippen LogP contribution in [0.1, 0.15) is 5.56 Å². The van der Waals surface area contributed by atoms with Gasteiger partial charge in [-0.15, -0.1) is 0 Å². The lowest BCUT2D eigenvalue weighted by Gasteiger charge is -1.97. The molecular formula is C11H10BrN5. The lowest BCUT2D eigenvalue weighted by molar-refractivity contribution is 1.02. The minimum Gasteiger partial charge on any atom is -0.383 e. The average molecular weight is 292 g/mol. The fraction of sp³-hybridized carbons (Fsp3) is 0.0909. The van der Waals surface area contributed by atoms with E-state index in [9.17, 15) is 0 Å². The molecule has 0 spiro atoms. The largest absolute Gasteiger partial charge is 0.383 e. The van der Waals surface area contributed by atoms with Crippen LogP contribution >= 0.6 is 15.9 Å². The molecule has 3 aromatic heterocycles. The van der Waals surface area contributed by atoms with Gasteiger partial charge in [-0.1, -0.05) is 0 Å². The van der Waals surface area contributed by atoms with Crippen molar-refractivity contribution in [2.75, 3.05) is 5.73 Å². The first-order valence-electron chi connectivity index (χ1n) is 5.09. The van der Waals surface area contributed by atoms with Crippen LogP contribution in [-0.2, 0) is 0 Å². The number of anilines is 1. The average Bonchev–Trinajstić information content (AvgIpc) is 2.85. The second kappa shape index (κ2) is 3.59. The maximum absolute atomic E-state index is 5.79. The number of pyridine rings is 1. The highest BCUT2D eigenvalue weighted by atomic mass is 79.9. The van der Waals surface area contributed by atoms with Gasteiger partial charge in [-0.25, -0.2) is 9.97 Å². The van der Waals surface area contributed by atoms with Crippen molar-refractivity contribution < 1.29 is 0 Å². The first kappa shape index (κ1) is 10.3. The maximum Gasteiger partial charge on any atom is 0.127 e. The molecule has 86 valence electrons. The molecule has 0 aromatic carbocycles. The van der Waals surface area contributed by atoms with E-state index in [1.165, 1.54) is 0 Å². The summed E-state index contributed by atoms with van der Waals surface area (Å²) in [6.07, 6.45) is 3.60. The Balaban J connectivity index is 2.19. The van der Waals surface area contributed by atoms with E-state index in [2.05, 4.69) is 30.9 Å². The maximum atomic E-state index is 5.79. The topological polar surface area (TPSA) is 72.5 Å². The van der Waals surface area contributed by atoms with Gasteiger partial charge in [-0.05, 0) is 34.5 Å². The van der Waals surface area contributed by atoms with Gasteiger partial charge >= 0.3 is 0 Å². The molecular weight excluding hydrogens is 282 g/mol. The summed E-state index contributed by atoms with van der Waals surface area (Å²) in [7, 11) is 0. The van der Waals surface area contributed by atoms with Gasteiger partial charge in [0.2, 0.25) is 0 Å². The van der Waals surface area contributed by atoms with Crippen molar-refractivity contribution in [3.05, 3.63) is 34.8 Å². The molecule has 0 aliphatic rings. The molecule has 3 N–H and O–H groups in total. The Morgan fingerprint density at radius 1 is 1.41 bits per heavy atom. The van der Waals surface area contributed by atoms with E-state index in [0.29, 0.717) is 5.82 Å². The van der Waals surface area contributed by atoms with Crippen molar-refractivity contribution >= 4 is 32.8 Å². The van der Waals surface area contributed by atoms with Crippen LogP contribution in [0.4, 0.5) is 5.82 Å². The molecule has 0 bridgehead atoms. The molecule has 3 heterocycles. The third kappa shape index (κ3) is 1.70. The Morgan fingerprint density at radius 2 is 2.24 bits per heavy atom. The number of aromatic amines is 1. The number of nitrogens with two attached hydrogens (primary N) is 1. The van der Waals surface area contributed by atoms with Gasteiger partial charge in [0.25, 0.3) is 0 Å². The molecule has 0 atom stereocenters. The number of nitrogens with zero attached hydrogens (tertiary/aromatic N) is 3. The highest BCUT2D eigenvalue weighted by molar-refractivity contribution is 9.10. The number of hydrogen-bond donors (Lipinski definition) is 2. The van der Waals surface area contributed by atoms with Crippen LogP contribution in [0, 0.1) is 6.92 Å². The molecule has 3 rings (SSSR count). The number of imidazole rings is 1. The smallest absolute Gasteiger partial charge is 0.127 e. The fourth-order valence-electron chi connectivity index (χ4n) is 1.73. The van der Waals surface area contributed by atoms with Gasteiger partial charge in [0.15, 0.2) is 0 Å². The van der Waals surface area contributed by atoms with E-state index < -0.39 is 0 Å². The zero-order chi connectivity index (χ0) is 12.0. The van der Waals surface area contributed by atoms with Crippen LogP contribution in [0.15, 0.2) is 29.3 Å². The monoisotopic (exact) mass is 291 g/mol. The van der Waals surface area contributed by atoms with Gasteiger partial charge in [-0.2, -0.15) is 0 Å². The van der Waals surface area contributed by atoms with Gasteiger partial charge < -0.3 is 10.7 Å². The Bertz CT molecular complexity index is 658. The Hall–Kier alpha value is -1.82. The molecule has 5 nitrogen and oxygen atoms in total. The Morgan fingerprint density at radius 3 is 2.94 bits per heavy atom. The number of aromatic nitrogens is 4. The van der Waals surface area contributed by atoms with Gasteiger partial charge in [0.1, 0.15) is 22.6 Å². The summed E-state index contributed by atoms with van der Waals surface area (Å²) < 4.78 is 2.68. The first-order chi connectivity index (χ1) is 8.13. The summed E-state index contributed by atoms with van der Waals surface area (Å²) in [6, 6.07) is 3.94. The van der Waals surface area contributed by atoms with Crippen LogP contribution in [0.5, 0.6) is 0 Å². The number of fused-ring (bicyclic) bond motifs is 1. The predicted octanol–water partition coefficient (Wildman–Crippen LogP) is 2.40. The number of hydrogen-bond acceptors (Lipinski definition) is 3. The lowest BCUT2D eigenvalue weighted by atomic mass is 10.2. The normalized spacial score (nSPS) is 11.2. The summed E-state index contributed by atoms with van der Waals surface area (Å²) in [4.78, 5) is 11.7. The van der Waals surface area contributed by atoms with Gasteiger partial charge in [0.05, 0.1) is 11.0 Å². The summed E-state index contributed by atoms with van der Waals surface area (Å²) in [6.45, 7) is 1.94. The fourth-order valence-corrected chi connectivity index (χ4v) is 2.04. The molecule has 0 amide bonds. The van der Waals surface area contributed by atoms with Crippen LogP contribution in [0.3, 0.4) is 0 Å². The molecule has 0 aliphatic carbocycles. The molecule has 0 radical (unpaired) electrons. The summed E-state index contributed by atoms with van der Waals surface area (Å²) >= 11 is 3.32. The second-order valence-corrected chi connectivity index (χ2v) is 4.69. The summed E-state index contributed by atoms with van der Waals surface area (Å²) in [5.74, 6) is 1.48. The molecule has 0 saturated heterocycles. The van der Waals surface area contributed by atoms with Crippen LogP contribution in [-0.4, -0.2) is 19.5 Å². The van der Waals surface area contributed by atoms with E-state index in [0.717, 1.165) is 27.0 Å². The van der Waals surface area contributed by atoms with E-state index in [-0.39, 0.29) is 0 Å². The lowest BCUT2D eigenvalue weighted by Crippen LogP contribution is -1.92. The SMILES string of the molecule is Cc1cc2[nH]c(-n3cnc(Br)c3)cc2nc1N. The van der Waals surface area contributed by atoms with E-state index in [1.807, 2.05) is 29.8 Å². The van der Waals surface area contributed by atoms with E-state index >= 15 is 0 Å². The molecule has 0 unspecified atom stereocenters. The van der Waals surface area contributed by atoms with Crippen molar-refractivity contribution in [2.45, 2.75) is 6.92 Å². The number of nitrogens with one attached hydrogen (secondary N) is 1. The molecule has 0 saturated carbocycles. The van der Waals surface area contributed by atoms with Crippen LogP contribution in [0.25, 0.3) is 16.9 Å². The third-order valence-electron chi connectivity index (χ3n) is 2.65. The molecule has 3 aromatic rings. The number of aryl methyl sites for hydroxylation is 1. The molecule has 6 heteroatoms. The first-order valence-corrected chi connectivity index (χ1v) is 5.88. The number of halogens is 1. The van der Waals surface area contributed by atoms with Crippen molar-refractivity contribution in [3.63, 3.8) is 0 Å². The minimum atomic E-state index is 0.565. The Labute approximate surface area is 106 Å². The van der Waals surface area contributed by atoms with E-state index in [4.69, 9.17) is 5.73 Å². The minimum absolute atomic E-state index is 0.565. The highest BCUT2D eigenvalue weighted by Crippen LogP contribution is 2.21. The summed E-state index contributed by atoms with van der Waals surface area (Å²) in [5.41, 5.74) is 8.58. The molecule has 17 heavy (non-hydrogen) atoms. The van der Waals surface area contributed by atoms with Crippen LogP contribution < -0.4 is 5.73 Å². The number of H-pyrrole nitrogens is 1. The zero-order valence-corrected chi connectivity index (χ0v) is 10.7. The second-order valence-electron chi connectivity index (χ2n) is 3.88.